The maximum Gasteiger partial charge on any atom is 0.262 e. The fourth-order valence-corrected chi connectivity index (χ4v) is 3.83. The summed E-state index contributed by atoms with van der Waals surface area (Å²) in [6.45, 7) is 7.88. The second-order valence-corrected chi connectivity index (χ2v) is 7.57. The van der Waals surface area contributed by atoms with Gasteiger partial charge in [0, 0.05) is 32.2 Å². The van der Waals surface area contributed by atoms with E-state index in [2.05, 4.69) is 26.8 Å². The minimum atomic E-state index is -0.326. The number of nitrogens with one attached hydrogen (secondary N) is 1. The Morgan fingerprint density at radius 1 is 1.29 bits per heavy atom. The third-order valence-corrected chi connectivity index (χ3v) is 5.21. The highest BCUT2D eigenvalue weighted by Gasteiger charge is 2.25. The number of para-hydroxylation sites is 1. The largest absolute Gasteiger partial charge is 0.392 e. The molecule has 0 radical (unpaired) electrons. The monoisotopic (exact) mass is 382 g/mol. The van der Waals surface area contributed by atoms with Crippen LogP contribution < -0.4 is 5.56 Å². The van der Waals surface area contributed by atoms with E-state index in [1.54, 1.807) is 10.9 Å². The van der Waals surface area contributed by atoms with Crippen LogP contribution in [0.3, 0.4) is 0 Å². The summed E-state index contributed by atoms with van der Waals surface area (Å²) >= 11 is 0. The predicted octanol–water partition coefficient (Wildman–Crippen LogP) is 0.996. The molecular formula is C20H26N6O2. The van der Waals surface area contributed by atoms with Crippen molar-refractivity contribution in [1.82, 2.24) is 29.5 Å². The number of H-pyrrole nitrogens is 1. The van der Waals surface area contributed by atoms with E-state index in [1.165, 1.54) is 0 Å². The van der Waals surface area contributed by atoms with E-state index in [9.17, 15) is 9.90 Å². The van der Waals surface area contributed by atoms with E-state index in [-0.39, 0.29) is 11.7 Å². The Balaban J connectivity index is 1.56. The molecule has 0 bridgehead atoms. The van der Waals surface area contributed by atoms with Crippen LogP contribution in [0.15, 0.2) is 41.3 Å². The van der Waals surface area contributed by atoms with E-state index < -0.39 is 0 Å². The lowest BCUT2D eigenvalue weighted by atomic mass is 10.1. The number of aliphatic hydroxyl groups excluding tert-OH is 1. The van der Waals surface area contributed by atoms with Gasteiger partial charge in [-0.25, -0.2) is 9.67 Å². The molecule has 2 atom stereocenters. The fraction of sp³-hybridized carbons (Fsp3) is 0.450. The molecule has 3 aromatic rings. The molecule has 0 spiro atoms. The van der Waals surface area contributed by atoms with Crippen molar-refractivity contribution in [3.05, 3.63) is 52.7 Å². The van der Waals surface area contributed by atoms with Crippen LogP contribution in [-0.2, 0) is 6.54 Å². The Morgan fingerprint density at radius 2 is 2.07 bits per heavy atom. The molecule has 8 heteroatoms. The second-order valence-electron chi connectivity index (χ2n) is 7.57. The smallest absolute Gasteiger partial charge is 0.262 e. The van der Waals surface area contributed by atoms with Crippen LogP contribution in [-0.4, -0.2) is 73.0 Å². The summed E-state index contributed by atoms with van der Waals surface area (Å²) in [5.74, 6) is 0.645. The number of piperazine rings is 1. The highest BCUT2D eigenvalue weighted by Crippen LogP contribution is 2.15. The van der Waals surface area contributed by atoms with Gasteiger partial charge >= 0.3 is 0 Å². The molecule has 2 N–H and O–H groups in total. The van der Waals surface area contributed by atoms with Gasteiger partial charge in [0.2, 0.25) is 0 Å². The average molecular weight is 382 g/mol. The van der Waals surface area contributed by atoms with E-state index in [0.717, 1.165) is 25.3 Å². The molecular weight excluding hydrogens is 356 g/mol. The highest BCUT2D eigenvalue weighted by atomic mass is 16.3. The number of aliphatic hydroxyl groups is 1. The van der Waals surface area contributed by atoms with Crippen LogP contribution in [0.1, 0.15) is 19.7 Å². The first-order valence-corrected chi connectivity index (χ1v) is 9.68. The fourth-order valence-electron chi connectivity index (χ4n) is 3.83. The van der Waals surface area contributed by atoms with Crippen LogP contribution in [0.4, 0.5) is 0 Å². The molecule has 0 aliphatic carbocycles. The number of nitrogens with zero attached hydrogens (tertiary/aromatic N) is 5. The molecule has 0 saturated carbocycles. The zero-order valence-electron chi connectivity index (χ0n) is 16.2. The van der Waals surface area contributed by atoms with Gasteiger partial charge in [-0.1, -0.05) is 18.2 Å². The molecule has 8 nitrogen and oxygen atoms in total. The zero-order chi connectivity index (χ0) is 19.7. The summed E-state index contributed by atoms with van der Waals surface area (Å²) in [4.78, 5) is 24.7. The van der Waals surface area contributed by atoms with Crippen molar-refractivity contribution >= 4 is 11.0 Å². The molecule has 4 rings (SSSR count). The Bertz CT molecular complexity index is 997. The minimum Gasteiger partial charge on any atom is -0.392 e. The summed E-state index contributed by atoms with van der Waals surface area (Å²) in [5.41, 5.74) is 1.29. The maximum absolute atomic E-state index is 12.5. The van der Waals surface area contributed by atoms with Crippen LogP contribution >= 0.6 is 0 Å². The number of aromatic amines is 1. The lowest BCUT2D eigenvalue weighted by Crippen LogP contribution is -2.53. The van der Waals surface area contributed by atoms with Crippen LogP contribution in [0.5, 0.6) is 0 Å². The molecule has 148 valence electrons. The number of aromatic nitrogens is 4. The van der Waals surface area contributed by atoms with Crippen molar-refractivity contribution in [3.8, 4) is 5.69 Å². The van der Waals surface area contributed by atoms with Gasteiger partial charge < -0.3 is 10.1 Å². The number of β-amino-alcohol motifs (C(OH)–C–C–N with tert-alkyl or cyclic N) is 1. The van der Waals surface area contributed by atoms with E-state index in [1.807, 2.05) is 37.3 Å². The zero-order valence-corrected chi connectivity index (χ0v) is 16.2. The van der Waals surface area contributed by atoms with Crippen molar-refractivity contribution < 1.29 is 5.11 Å². The number of hydrogen-bond acceptors (Lipinski definition) is 6. The molecule has 1 aromatic carbocycles. The Kier molecular flexibility index (Phi) is 5.25. The van der Waals surface area contributed by atoms with Crippen molar-refractivity contribution in [3.63, 3.8) is 0 Å². The molecule has 1 aliphatic heterocycles. The predicted molar refractivity (Wildman–Crippen MR) is 107 cm³/mol. The molecule has 3 heterocycles. The standard InChI is InChI=1S/C20H26N6O2/c1-14-11-24(8-9-25(14)12-15(2)27)13-18-22-19-17(20(28)23-18)10-21-26(19)16-6-4-3-5-7-16/h3-7,10,14-15,27H,8-9,11-13H2,1-2H3,(H,22,23,28). The first kappa shape index (κ1) is 18.8. The van der Waals surface area contributed by atoms with Gasteiger partial charge in [-0.2, -0.15) is 5.10 Å². The number of hydrogen-bond donors (Lipinski definition) is 2. The van der Waals surface area contributed by atoms with Crippen LogP contribution in [0, 0.1) is 0 Å². The topological polar surface area (TPSA) is 90.3 Å². The van der Waals surface area contributed by atoms with Gasteiger partial charge in [0.1, 0.15) is 11.2 Å². The minimum absolute atomic E-state index is 0.164. The molecule has 1 saturated heterocycles. The SMILES string of the molecule is CC(O)CN1CCN(Cc2nc3c(cnn3-c3ccccc3)c(=O)[nH]2)CC1C. The summed E-state index contributed by atoms with van der Waals surface area (Å²) in [6.07, 6.45) is 1.24. The number of fused-ring (bicyclic) bond motifs is 1. The first-order valence-electron chi connectivity index (χ1n) is 9.68. The molecule has 2 aromatic heterocycles. The third-order valence-electron chi connectivity index (χ3n) is 5.21. The highest BCUT2D eigenvalue weighted by molar-refractivity contribution is 5.75. The van der Waals surface area contributed by atoms with Gasteiger partial charge in [0.05, 0.1) is 24.5 Å². The van der Waals surface area contributed by atoms with E-state index in [4.69, 9.17) is 4.98 Å². The summed E-state index contributed by atoms with van der Waals surface area (Å²) in [5, 5.41) is 14.5. The third kappa shape index (κ3) is 3.84. The summed E-state index contributed by atoms with van der Waals surface area (Å²) < 4.78 is 1.71. The maximum atomic E-state index is 12.5. The quantitative estimate of drug-likeness (QED) is 0.684. The van der Waals surface area contributed by atoms with Gasteiger partial charge in [-0.05, 0) is 26.0 Å². The van der Waals surface area contributed by atoms with E-state index >= 15 is 0 Å². The Labute approximate surface area is 163 Å². The van der Waals surface area contributed by atoms with Crippen LogP contribution in [0.2, 0.25) is 0 Å². The average Bonchev–Trinajstić information content (AvgIpc) is 3.09. The van der Waals surface area contributed by atoms with Crippen molar-refractivity contribution in [1.29, 1.82) is 0 Å². The Hall–Kier alpha value is -2.55. The lowest BCUT2D eigenvalue weighted by molar-refractivity contribution is 0.0414. The van der Waals surface area contributed by atoms with Gasteiger partial charge in [-0.3, -0.25) is 14.6 Å². The van der Waals surface area contributed by atoms with Crippen molar-refractivity contribution in [2.75, 3.05) is 26.2 Å². The molecule has 28 heavy (non-hydrogen) atoms. The number of rotatable bonds is 5. The summed E-state index contributed by atoms with van der Waals surface area (Å²) in [6, 6.07) is 10.0. The Morgan fingerprint density at radius 3 is 2.79 bits per heavy atom. The normalized spacial score (nSPS) is 19.9. The van der Waals surface area contributed by atoms with Crippen molar-refractivity contribution in [2.24, 2.45) is 0 Å². The summed E-state index contributed by atoms with van der Waals surface area (Å²) in [7, 11) is 0. The van der Waals surface area contributed by atoms with Gasteiger partial charge in [0.15, 0.2) is 5.65 Å². The molecule has 1 aliphatic rings. The molecule has 0 amide bonds. The molecule has 2 unspecified atom stereocenters. The van der Waals surface area contributed by atoms with Crippen molar-refractivity contribution in [2.45, 2.75) is 32.5 Å². The second kappa shape index (κ2) is 7.83. The first-order chi connectivity index (χ1) is 13.5. The molecule has 1 fully saturated rings. The van der Waals surface area contributed by atoms with Gasteiger partial charge in [0.25, 0.3) is 5.56 Å². The number of benzene rings is 1. The lowest BCUT2D eigenvalue weighted by Gasteiger charge is -2.40. The van der Waals surface area contributed by atoms with Crippen LogP contribution in [0.25, 0.3) is 16.7 Å². The van der Waals surface area contributed by atoms with Gasteiger partial charge in [-0.15, -0.1) is 0 Å². The van der Waals surface area contributed by atoms with E-state index in [0.29, 0.717) is 36.0 Å².